The minimum absolute atomic E-state index is 0.0601. The lowest BCUT2D eigenvalue weighted by molar-refractivity contribution is -0.384. The molecule has 8 heteroatoms. The first-order valence-electron chi connectivity index (χ1n) is 5.22. The van der Waals surface area contributed by atoms with Gasteiger partial charge in [-0.2, -0.15) is 4.98 Å². The lowest BCUT2D eigenvalue weighted by Crippen LogP contribution is -2.06. The molecule has 0 atom stereocenters. The summed E-state index contributed by atoms with van der Waals surface area (Å²) in [6.07, 6.45) is 1.06. The molecule has 2 rings (SSSR count). The van der Waals surface area contributed by atoms with E-state index in [1.165, 1.54) is 0 Å². The molecular formula is C11H8Cl2N4O2. The van der Waals surface area contributed by atoms with Crippen LogP contribution in [-0.2, 0) is 6.54 Å². The summed E-state index contributed by atoms with van der Waals surface area (Å²) >= 11 is 11.6. The molecule has 1 heterocycles. The minimum Gasteiger partial charge on any atom is -0.360 e. The highest BCUT2D eigenvalue weighted by molar-refractivity contribution is 6.31. The molecule has 0 radical (unpaired) electrons. The third-order valence-corrected chi connectivity index (χ3v) is 2.89. The number of nitrogens with zero attached hydrogens (tertiary/aromatic N) is 3. The first kappa shape index (κ1) is 13.5. The van der Waals surface area contributed by atoms with Crippen molar-refractivity contribution in [3.8, 4) is 0 Å². The summed E-state index contributed by atoms with van der Waals surface area (Å²) in [4.78, 5) is 17.6. The van der Waals surface area contributed by atoms with Crippen molar-refractivity contribution < 1.29 is 4.92 Å². The Bertz CT molecular complexity index is 621. The highest BCUT2D eigenvalue weighted by Crippen LogP contribution is 2.23. The summed E-state index contributed by atoms with van der Waals surface area (Å²) in [7, 11) is 0. The SMILES string of the molecule is O=[N+]([O-])c1cnc(Cl)nc1NCc1ccccc1Cl. The molecule has 0 unspecified atom stereocenters. The van der Waals surface area contributed by atoms with E-state index in [4.69, 9.17) is 23.2 Å². The van der Waals surface area contributed by atoms with E-state index in [0.717, 1.165) is 11.8 Å². The number of hydrogen-bond acceptors (Lipinski definition) is 5. The van der Waals surface area contributed by atoms with Gasteiger partial charge in [0.25, 0.3) is 0 Å². The predicted molar refractivity (Wildman–Crippen MR) is 72.5 cm³/mol. The average molecular weight is 299 g/mol. The maximum Gasteiger partial charge on any atom is 0.329 e. The Morgan fingerprint density at radius 3 is 2.74 bits per heavy atom. The number of halogens is 2. The van der Waals surface area contributed by atoms with Gasteiger partial charge in [-0.05, 0) is 23.2 Å². The topological polar surface area (TPSA) is 81.0 Å². The van der Waals surface area contributed by atoms with Crippen LogP contribution in [0.4, 0.5) is 11.5 Å². The standard InChI is InChI=1S/C11H8Cl2N4O2/c12-8-4-2-1-3-7(8)5-14-10-9(17(18)19)6-15-11(13)16-10/h1-4,6H,5H2,(H,14,15,16). The van der Waals surface area contributed by atoms with Crippen molar-refractivity contribution in [1.29, 1.82) is 0 Å². The second-order valence-corrected chi connectivity index (χ2v) is 4.32. The van der Waals surface area contributed by atoms with Crippen molar-refractivity contribution in [2.45, 2.75) is 6.54 Å². The Hall–Kier alpha value is -1.92. The van der Waals surface area contributed by atoms with Crippen LogP contribution < -0.4 is 5.32 Å². The van der Waals surface area contributed by atoms with Gasteiger partial charge in [-0.3, -0.25) is 10.1 Å². The first-order valence-corrected chi connectivity index (χ1v) is 5.97. The molecule has 0 fully saturated rings. The number of benzene rings is 1. The molecule has 0 spiro atoms. The number of nitrogens with one attached hydrogen (secondary N) is 1. The summed E-state index contributed by atoms with van der Waals surface area (Å²) in [5, 5.41) is 14.2. The van der Waals surface area contributed by atoms with Crippen LogP contribution in [0.15, 0.2) is 30.5 Å². The van der Waals surface area contributed by atoms with Crippen LogP contribution >= 0.6 is 23.2 Å². The molecule has 0 saturated heterocycles. The van der Waals surface area contributed by atoms with E-state index in [2.05, 4.69) is 15.3 Å². The van der Waals surface area contributed by atoms with Crippen LogP contribution in [0.2, 0.25) is 10.3 Å². The Morgan fingerprint density at radius 2 is 2.05 bits per heavy atom. The summed E-state index contributed by atoms with van der Waals surface area (Å²) in [5.74, 6) is 0.0601. The zero-order valence-electron chi connectivity index (χ0n) is 9.51. The average Bonchev–Trinajstić information content (AvgIpc) is 2.37. The Morgan fingerprint density at radius 1 is 1.32 bits per heavy atom. The van der Waals surface area contributed by atoms with Crippen LogP contribution in [0.25, 0.3) is 0 Å². The summed E-state index contributed by atoms with van der Waals surface area (Å²) in [6.45, 7) is 0.299. The highest BCUT2D eigenvalue weighted by atomic mass is 35.5. The highest BCUT2D eigenvalue weighted by Gasteiger charge is 2.16. The van der Waals surface area contributed by atoms with E-state index in [1.54, 1.807) is 12.1 Å². The molecule has 0 bridgehead atoms. The van der Waals surface area contributed by atoms with Crippen LogP contribution in [0.3, 0.4) is 0 Å². The van der Waals surface area contributed by atoms with Gasteiger partial charge in [0.2, 0.25) is 11.1 Å². The zero-order valence-corrected chi connectivity index (χ0v) is 11.0. The molecule has 0 saturated carbocycles. The molecular weight excluding hydrogens is 291 g/mol. The fourth-order valence-electron chi connectivity index (χ4n) is 1.44. The number of rotatable bonds is 4. The molecule has 0 amide bonds. The normalized spacial score (nSPS) is 10.2. The Labute approximate surface area is 118 Å². The number of nitro groups is 1. The van der Waals surface area contributed by atoms with E-state index >= 15 is 0 Å². The first-order chi connectivity index (χ1) is 9.08. The molecule has 98 valence electrons. The Balaban J connectivity index is 2.22. The largest absolute Gasteiger partial charge is 0.360 e. The molecule has 1 aromatic carbocycles. The monoisotopic (exact) mass is 298 g/mol. The van der Waals surface area contributed by atoms with Crippen LogP contribution in [-0.4, -0.2) is 14.9 Å². The summed E-state index contributed by atoms with van der Waals surface area (Å²) < 4.78 is 0. The quantitative estimate of drug-likeness (QED) is 0.532. The summed E-state index contributed by atoms with van der Waals surface area (Å²) in [6, 6.07) is 7.17. The third kappa shape index (κ3) is 3.30. The maximum atomic E-state index is 10.8. The van der Waals surface area contributed by atoms with Crippen molar-refractivity contribution >= 4 is 34.7 Å². The van der Waals surface area contributed by atoms with E-state index in [9.17, 15) is 10.1 Å². The van der Waals surface area contributed by atoms with Gasteiger partial charge < -0.3 is 5.32 Å². The number of hydrogen-bond donors (Lipinski definition) is 1. The number of aromatic nitrogens is 2. The molecule has 1 N–H and O–H groups in total. The zero-order chi connectivity index (χ0) is 13.8. The molecule has 0 aliphatic carbocycles. The van der Waals surface area contributed by atoms with Crippen molar-refractivity contribution in [3.05, 3.63) is 56.4 Å². The maximum absolute atomic E-state index is 10.8. The fourth-order valence-corrected chi connectivity index (χ4v) is 1.77. The Kier molecular flexibility index (Phi) is 4.13. The van der Waals surface area contributed by atoms with E-state index < -0.39 is 4.92 Å². The molecule has 1 aromatic heterocycles. The smallest absolute Gasteiger partial charge is 0.329 e. The van der Waals surface area contributed by atoms with Crippen molar-refractivity contribution in [3.63, 3.8) is 0 Å². The summed E-state index contributed by atoms with van der Waals surface area (Å²) in [5.41, 5.74) is 0.560. The molecule has 6 nitrogen and oxygen atoms in total. The van der Waals surface area contributed by atoms with E-state index in [-0.39, 0.29) is 16.8 Å². The second-order valence-electron chi connectivity index (χ2n) is 3.57. The van der Waals surface area contributed by atoms with Crippen molar-refractivity contribution in [2.75, 3.05) is 5.32 Å². The van der Waals surface area contributed by atoms with Gasteiger partial charge in [0.1, 0.15) is 6.20 Å². The molecule has 0 aliphatic heterocycles. The van der Waals surface area contributed by atoms with E-state index in [1.807, 2.05) is 12.1 Å². The van der Waals surface area contributed by atoms with Crippen LogP contribution in [0.1, 0.15) is 5.56 Å². The van der Waals surface area contributed by atoms with Gasteiger partial charge in [-0.25, -0.2) is 4.98 Å². The lowest BCUT2D eigenvalue weighted by atomic mass is 10.2. The molecule has 2 aromatic rings. The minimum atomic E-state index is -0.578. The van der Waals surface area contributed by atoms with Gasteiger partial charge in [0.05, 0.1) is 4.92 Å². The van der Waals surface area contributed by atoms with Gasteiger partial charge in [-0.1, -0.05) is 29.8 Å². The lowest BCUT2D eigenvalue weighted by Gasteiger charge is -2.07. The van der Waals surface area contributed by atoms with Crippen molar-refractivity contribution in [2.24, 2.45) is 0 Å². The van der Waals surface area contributed by atoms with Crippen LogP contribution in [0.5, 0.6) is 0 Å². The third-order valence-electron chi connectivity index (χ3n) is 2.34. The van der Waals surface area contributed by atoms with Gasteiger partial charge in [0.15, 0.2) is 0 Å². The second kappa shape index (κ2) is 5.81. The van der Waals surface area contributed by atoms with Gasteiger partial charge >= 0.3 is 5.69 Å². The van der Waals surface area contributed by atoms with Gasteiger partial charge in [-0.15, -0.1) is 0 Å². The number of anilines is 1. The predicted octanol–water partition coefficient (Wildman–Crippen LogP) is 3.30. The fraction of sp³-hybridized carbons (Fsp3) is 0.0909. The van der Waals surface area contributed by atoms with Crippen LogP contribution in [0, 0.1) is 10.1 Å². The van der Waals surface area contributed by atoms with E-state index in [0.29, 0.717) is 11.6 Å². The van der Waals surface area contributed by atoms with Gasteiger partial charge in [0, 0.05) is 11.6 Å². The molecule has 19 heavy (non-hydrogen) atoms. The van der Waals surface area contributed by atoms with Crippen molar-refractivity contribution in [1.82, 2.24) is 9.97 Å². The molecule has 0 aliphatic rings.